The van der Waals surface area contributed by atoms with E-state index in [1.807, 2.05) is 0 Å². The maximum Gasteiger partial charge on any atom is 0.242 e. The number of rotatable bonds is 8. The van der Waals surface area contributed by atoms with E-state index in [1.165, 1.54) is 19.2 Å². The highest BCUT2D eigenvalue weighted by Crippen LogP contribution is 2.23. The molecular formula is C13H23N3O4S. The Labute approximate surface area is 125 Å². The fraction of sp³-hybridized carbons (Fsp3) is 0.538. The third-order valence-electron chi connectivity index (χ3n) is 3.09. The summed E-state index contributed by atoms with van der Waals surface area (Å²) in [6.07, 6.45) is 0.484. The molecule has 0 heterocycles. The lowest BCUT2D eigenvalue weighted by Crippen LogP contribution is -2.34. The van der Waals surface area contributed by atoms with Crippen LogP contribution in [0.4, 0.5) is 11.4 Å². The van der Waals surface area contributed by atoms with E-state index in [0.717, 1.165) is 0 Å². The van der Waals surface area contributed by atoms with Crippen molar-refractivity contribution in [2.45, 2.75) is 23.8 Å². The molecule has 0 saturated carbocycles. The zero-order chi connectivity index (χ0) is 16.1. The van der Waals surface area contributed by atoms with Crippen molar-refractivity contribution in [2.24, 2.45) is 0 Å². The first kappa shape index (κ1) is 17.7. The van der Waals surface area contributed by atoms with E-state index in [0.29, 0.717) is 25.3 Å². The molecule has 0 spiro atoms. The monoisotopic (exact) mass is 317 g/mol. The fourth-order valence-electron chi connectivity index (χ4n) is 1.72. The number of anilines is 2. The molecule has 0 aliphatic rings. The van der Waals surface area contributed by atoms with Crippen LogP contribution >= 0.6 is 0 Å². The Morgan fingerprint density at radius 2 is 2.10 bits per heavy atom. The molecule has 1 rings (SSSR count). The van der Waals surface area contributed by atoms with E-state index < -0.39 is 15.6 Å². The summed E-state index contributed by atoms with van der Waals surface area (Å²) in [4.78, 5) is 0.0293. The van der Waals surface area contributed by atoms with Crippen LogP contribution in [0.3, 0.4) is 0 Å². The highest BCUT2D eigenvalue weighted by molar-refractivity contribution is 7.89. The SMILES string of the molecule is CNS(=O)(=O)c1ccc(NCC(C)(O)CCOC)cc1N. The summed E-state index contributed by atoms with van der Waals surface area (Å²) in [7, 11) is -0.668. The van der Waals surface area contributed by atoms with Gasteiger partial charge in [0.05, 0.1) is 11.3 Å². The van der Waals surface area contributed by atoms with Gasteiger partial charge in [-0.1, -0.05) is 0 Å². The van der Waals surface area contributed by atoms with Crippen molar-refractivity contribution in [3.05, 3.63) is 18.2 Å². The van der Waals surface area contributed by atoms with Crippen molar-refractivity contribution in [1.29, 1.82) is 0 Å². The van der Waals surface area contributed by atoms with Gasteiger partial charge in [-0.25, -0.2) is 13.1 Å². The van der Waals surface area contributed by atoms with Gasteiger partial charge in [0.25, 0.3) is 0 Å². The molecule has 1 atom stereocenters. The molecule has 1 aromatic carbocycles. The number of benzene rings is 1. The second kappa shape index (κ2) is 7.08. The van der Waals surface area contributed by atoms with Gasteiger partial charge in [0.15, 0.2) is 0 Å². The summed E-state index contributed by atoms with van der Waals surface area (Å²) in [5, 5.41) is 13.1. The first-order valence-corrected chi connectivity index (χ1v) is 7.98. The van der Waals surface area contributed by atoms with Gasteiger partial charge in [-0.2, -0.15) is 0 Å². The quantitative estimate of drug-likeness (QED) is 0.515. The van der Waals surface area contributed by atoms with Gasteiger partial charge >= 0.3 is 0 Å². The molecule has 0 bridgehead atoms. The molecule has 120 valence electrons. The van der Waals surface area contributed by atoms with Gasteiger partial charge in [0.1, 0.15) is 4.90 Å². The maximum absolute atomic E-state index is 11.7. The van der Waals surface area contributed by atoms with Crippen LogP contribution < -0.4 is 15.8 Å². The van der Waals surface area contributed by atoms with Crippen molar-refractivity contribution in [1.82, 2.24) is 4.72 Å². The van der Waals surface area contributed by atoms with E-state index in [-0.39, 0.29) is 10.6 Å². The standard InChI is InChI=1S/C13H23N3O4S/c1-13(17,6-7-20-3)9-16-10-4-5-12(11(14)8-10)21(18,19)15-2/h4-5,8,15-17H,6-7,9,14H2,1-3H3. The van der Waals surface area contributed by atoms with Gasteiger partial charge in [-0.3, -0.25) is 0 Å². The molecule has 8 heteroatoms. The number of ether oxygens (including phenoxy) is 1. The Balaban J connectivity index is 2.77. The molecular weight excluding hydrogens is 294 g/mol. The van der Waals surface area contributed by atoms with Crippen molar-refractivity contribution in [2.75, 3.05) is 38.4 Å². The largest absolute Gasteiger partial charge is 0.398 e. The lowest BCUT2D eigenvalue weighted by Gasteiger charge is -2.24. The first-order valence-electron chi connectivity index (χ1n) is 6.50. The summed E-state index contributed by atoms with van der Waals surface area (Å²) in [6, 6.07) is 4.55. The number of nitrogen functional groups attached to an aromatic ring is 1. The van der Waals surface area contributed by atoms with E-state index in [9.17, 15) is 13.5 Å². The summed E-state index contributed by atoms with van der Waals surface area (Å²) < 4.78 is 30.6. The Bertz CT molecular complexity index is 573. The minimum Gasteiger partial charge on any atom is -0.398 e. The Morgan fingerprint density at radius 3 is 2.62 bits per heavy atom. The lowest BCUT2D eigenvalue weighted by molar-refractivity contribution is 0.0357. The average Bonchev–Trinajstić information content (AvgIpc) is 2.43. The van der Waals surface area contributed by atoms with Crippen LogP contribution in [0.5, 0.6) is 0 Å². The van der Waals surface area contributed by atoms with E-state index in [2.05, 4.69) is 10.0 Å². The average molecular weight is 317 g/mol. The second-order valence-electron chi connectivity index (χ2n) is 5.05. The lowest BCUT2D eigenvalue weighted by atomic mass is 10.0. The third kappa shape index (κ3) is 5.16. The zero-order valence-electron chi connectivity index (χ0n) is 12.5. The summed E-state index contributed by atoms with van der Waals surface area (Å²) in [5.41, 5.74) is 5.61. The van der Waals surface area contributed by atoms with Gasteiger partial charge in [-0.15, -0.1) is 0 Å². The van der Waals surface area contributed by atoms with Crippen LogP contribution in [0.15, 0.2) is 23.1 Å². The third-order valence-corrected chi connectivity index (χ3v) is 4.57. The smallest absolute Gasteiger partial charge is 0.242 e. The second-order valence-corrected chi connectivity index (χ2v) is 6.91. The molecule has 0 amide bonds. The maximum atomic E-state index is 11.7. The molecule has 1 aromatic rings. The van der Waals surface area contributed by atoms with Gasteiger partial charge in [0.2, 0.25) is 10.0 Å². The van der Waals surface area contributed by atoms with Crippen molar-refractivity contribution in [3.8, 4) is 0 Å². The van der Waals surface area contributed by atoms with Crippen LogP contribution in [0.25, 0.3) is 0 Å². The summed E-state index contributed by atoms with van der Waals surface area (Å²) in [5.74, 6) is 0. The first-order chi connectivity index (χ1) is 9.72. The highest BCUT2D eigenvalue weighted by Gasteiger charge is 2.20. The molecule has 0 fully saturated rings. The van der Waals surface area contributed by atoms with Crippen LogP contribution in [-0.4, -0.2) is 46.4 Å². The molecule has 1 unspecified atom stereocenters. The Hall–Kier alpha value is -1.35. The minimum atomic E-state index is -3.57. The molecule has 5 N–H and O–H groups in total. The number of hydrogen-bond acceptors (Lipinski definition) is 6. The molecule has 0 aromatic heterocycles. The Morgan fingerprint density at radius 1 is 1.43 bits per heavy atom. The highest BCUT2D eigenvalue weighted by atomic mass is 32.2. The molecule has 0 aliphatic heterocycles. The number of nitrogens with two attached hydrogens (primary N) is 1. The molecule has 0 radical (unpaired) electrons. The molecule has 0 aliphatic carbocycles. The zero-order valence-corrected chi connectivity index (χ0v) is 13.3. The molecule has 0 saturated heterocycles. The van der Waals surface area contributed by atoms with Crippen molar-refractivity contribution < 1.29 is 18.3 Å². The summed E-state index contributed by atoms with van der Waals surface area (Å²) in [6.45, 7) is 2.45. The van der Waals surface area contributed by atoms with E-state index in [4.69, 9.17) is 10.5 Å². The fourth-order valence-corrected chi connectivity index (χ4v) is 2.55. The van der Waals surface area contributed by atoms with Gasteiger partial charge in [-0.05, 0) is 32.2 Å². The van der Waals surface area contributed by atoms with E-state index >= 15 is 0 Å². The number of sulfonamides is 1. The minimum absolute atomic E-state index is 0.0293. The van der Waals surface area contributed by atoms with E-state index in [1.54, 1.807) is 20.1 Å². The topological polar surface area (TPSA) is 114 Å². The van der Waals surface area contributed by atoms with Crippen LogP contribution in [0.1, 0.15) is 13.3 Å². The van der Waals surface area contributed by atoms with Gasteiger partial charge < -0.3 is 20.9 Å². The number of methoxy groups -OCH3 is 1. The predicted molar refractivity (Wildman–Crippen MR) is 82.7 cm³/mol. The predicted octanol–water partition coefficient (Wildman–Crippen LogP) is 0.376. The van der Waals surface area contributed by atoms with Crippen LogP contribution in [0.2, 0.25) is 0 Å². The van der Waals surface area contributed by atoms with Crippen LogP contribution in [0, 0.1) is 0 Å². The van der Waals surface area contributed by atoms with Gasteiger partial charge in [0, 0.05) is 32.4 Å². The van der Waals surface area contributed by atoms with Crippen molar-refractivity contribution >= 4 is 21.4 Å². The molecule has 21 heavy (non-hydrogen) atoms. The normalized spacial score (nSPS) is 14.7. The molecule has 7 nitrogen and oxygen atoms in total. The van der Waals surface area contributed by atoms with Crippen LogP contribution in [-0.2, 0) is 14.8 Å². The Kier molecular flexibility index (Phi) is 5.97. The summed E-state index contributed by atoms with van der Waals surface area (Å²) >= 11 is 0. The number of aliphatic hydroxyl groups is 1. The number of hydrogen-bond donors (Lipinski definition) is 4. The number of nitrogens with one attached hydrogen (secondary N) is 2. The van der Waals surface area contributed by atoms with Crippen molar-refractivity contribution in [3.63, 3.8) is 0 Å².